The Balaban J connectivity index is 2.01. The Morgan fingerprint density at radius 3 is 2.16 bits per heavy atom. The fourth-order valence-electron chi connectivity index (χ4n) is 3.31. The van der Waals surface area contributed by atoms with E-state index in [1.807, 2.05) is 49.7 Å². The van der Waals surface area contributed by atoms with Crippen LogP contribution in [0, 0.1) is 6.92 Å². The van der Waals surface area contributed by atoms with Gasteiger partial charge in [-0.05, 0) is 55.8 Å². The molecule has 2 aromatic carbocycles. The summed E-state index contributed by atoms with van der Waals surface area (Å²) in [5, 5.41) is 0. The molecule has 1 aromatic heterocycles. The minimum Gasteiger partial charge on any atom is -0.494 e. The van der Waals surface area contributed by atoms with Crippen LogP contribution in [-0.2, 0) is 7.05 Å². The molecule has 0 bridgehead atoms. The van der Waals surface area contributed by atoms with E-state index < -0.39 is 5.91 Å². The molecule has 7 nitrogen and oxygen atoms in total. The molecule has 0 spiro atoms. The third-order valence-electron chi connectivity index (χ3n) is 4.75. The molecule has 0 N–H and O–H groups in total. The molecule has 0 saturated heterocycles. The molecule has 0 aliphatic carbocycles. The number of methoxy groups -OCH3 is 3. The van der Waals surface area contributed by atoms with Crippen LogP contribution in [0.15, 0.2) is 41.4 Å². The summed E-state index contributed by atoms with van der Waals surface area (Å²) in [6.07, 6.45) is 0. The number of hydrogen-bond acceptors (Lipinski definition) is 6. The Morgan fingerprint density at radius 1 is 1.03 bits per heavy atom. The average molecular weight is 443 g/mol. The zero-order chi connectivity index (χ0) is 22.5. The van der Waals surface area contributed by atoms with Gasteiger partial charge in [-0.25, -0.2) is 0 Å². The van der Waals surface area contributed by atoms with Crippen molar-refractivity contribution in [2.45, 2.75) is 13.8 Å². The highest BCUT2D eigenvalue weighted by atomic mass is 32.1. The summed E-state index contributed by atoms with van der Waals surface area (Å²) < 4.78 is 23.4. The molecule has 3 rings (SSSR count). The van der Waals surface area contributed by atoms with Crippen molar-refractivity contribution in [1.82, 2.24) is 4.57 Å². The highest BCUT2D eigenvalue weighted by Gasteiger charge is 2.18. The lowest BCUT2D eigenvalue weighted by molar-refractivity contribution is 0.0997. The molecule has 0 atom stereocenters. The SMILES string of the molecule is CCOc1ccc(-c2c(C)sc(=NC(=O)c3cc(OC)c(OC)c(OC)c3)n2C)cc1. The van der Waals surface area contributed by atoms with Gasteiger partial charge in [-0.3, -0.25) is 4.79 Å². The van der Waals surface area contributed by atoms with Crippen molar-refractivity contribution in [3.8, 4) is 34.3 Å². The van der Waals surface area contributed by atoms with E-state index in [2.05, 4.69) is 4.99 Å². The molecule has 0 unspecified atom stereocenters. The first-order valence-corrected chi connectivity index (χ1v) is 10.5. The van der Waals surface area contributed by atoms with Gasteiger partial charge in [0.1, 0.15) is 5.75 Å². The number of amides is 1. The highest BCUT2D eigenvalue weighted by molar-refractivity contribution is 7.09. The van der Waals surface area contributed by atoms with Crippen LogP contribution in [0.2, 0.25) is 0 Å². The van der Waals surface area contributed by atoms with Gasteiger partial charge in [0.05, 0.1) is 33.6 Å². The van der Waals surface area contributed by atoms with Crippen molar-refractivity contribution < 1.29 is 23.7 Å². The summed E-state index contributed by atoms with van der Waals surface area (Å²) in [5.74, 6) is 1.67. The molecule has 0 aliphatic heterocycles. The molecule has 0 saturated carbocycles. The predicted molar refractivity (Wildman–Crippen MR) is 121 cm³/mol. The molecule has 1 amide bonds. The minimum absolute atomic E-state index is 0.350. The number of thiazole rings is 1. The number of ether oxygens (including phenoxy) is 4. The van der Waals surface area contributed by atoms with E-state index in [9.17, 15) is 4.79 Å². The second kappa shape index (κ2) is 9.70. The largest absolute Gasteiger partial charge is 0.494 e. The zero-order valence-electron chi connectivity index (χ0n) is 18.5. The van der Waals surface area contributed by atoms with Crippen LogP contribution in [0.3, 0.4) is 0 Å². The maximum Gasteiger partial charge on any atom is 0.279 e. The second-order valence-electron chi connectivity index (χ2n) is 6.64. The lowest BCUT2D eigenvalue weighted by Gasteiger charge is -2.12. The number of hydrogen-bond donors (Lipinski definition) is 0. The molecule has 8 heteroatoms. The van der Waals surface area contributed by atoms with Gasteiger partial charge in [0.2, 0.25) is 5.75 Å². The molecule has 0 radical (unpaired) electrons. The van der Waals surface area contributed by atoms with Crippen molar-refractivity contribution in [3.05, 3.63) is 51.6 Å². The Bertz CT molecular complexity index is 1120. The van der Waals surface area contributed by atoms with Crippen molar-refractivity contribution >= 4 is 17.2 Å². The lowest BCUT2D eigenvalue weighted by Crippen LogP contribution is -2.14. The van der Waals surface area contributed by atoms with E-state index in [0.717, 1.165) is 21.9 Å². The summed E-state index contributed by atoms with van der Waals surface area (Å²) >= 11 is 1.46. The molecule has 1 heterocycles. The van der Waals surface area contributed by atoms with Gasteiger partial charge >= 0.3 is 0 Å². The fourth-order valence-corrected chi connectivity index (χ4v) is 4.29. The monoisotopic (exact) mass is 442 g/mol. The number of nitrogens with zero attached hydrogens (tertiary/aromatic N) is 2. The number of benzene rings is 2. The summed E-state index contributed by atoms with van der Waals surface area (Å²) in [7, 11) is 6.43. The average Bonchev–Trinajstić information content (AvgIpc) is 3.06. The van der Waals surface area contributed by atoms with Gasteiger partial charge < -0.3 is 23.5 Å². The normalized spacial score (nSPS) is 11.4. The first kappa shape index (κ1) is 22.4. The van der Waals surface area contributed by atoms with E-state index in [4.69, 9.17) is 18.9 Å². The first-order valence-electron chi connectivity index (χ1n) is 9.72. The molecule has 164 valence electrons. The van der Waals surface area contributed by atoms with E-state index in [0.29, 0.717) is 34.2 Å². The van der Waals surface area contributed by atoms with Gasteiger partial charge in [-0.2, -0.15) is 4.99 Å². The Kier molecular flexibility index (Phi) is 7.02. The van der Waals surface area contributed by atoms with E-state index in [1.54, 1.807) is 12.1 Å². The van der Waals surface area contributed by atoms with Crippen LogP contribution < -0.4 is 23.7 Å². The third-order valence-corrected chi connectivity index (χ3v) is 5.80. The van der Waals surface area contributed by atoms with Gasteiger partial charge in [-0.1, -0.05) is 0 Å². The van der Waals surface area contributed by atoms with Crippen molar-refractivity contribution in [2.75, 3.05) is 27.9 Å². The number of aromatic nitrogens is 1. The van der Waals surface area contributed by atoms with E-state index in [-0.39, 0.29) is 0 Å². The zero-order valence-corrected chi connectivity index (χ0v) is 19.3. The number of carbonyl (C=O) groups excluding carboxylic acids is 1. The first-order chi connectivity index (χ1) is 14.9. The van der Waals surface area contributed by atoms with Crippen LogP contribution in [0.25, 0.3) is 11.3 Å². The molecular formula is C23H26N2O5S. The fraction of sp³-hybridized carbons (Fsp3) is 0.304. The second-order valence-corrected chi connectivity index (χ2v) is 7.82. The lowest BCUT2D eigenvalue weighted by atomic mass is 10.1. The maximum atomic E-state index is 12.9. The Hall–Kier alpha value is -3.26. The standard InChI is InChI=1S/C23H26N2O5S/c1-7-30-17-10-8-15(9-11-17)20-14(2)31-23(25(20)3)24-22(26)16-12-18(27-4)21(29-6)19(13-16)28-5/h8-13H,7H2,1-6H3. The smallest absolute Gasteiger partial charge is 0.279 e. The number of rotatable bonds is 7. The maximum absolute atomic E-state index is 12.9. The van der Waals surface area contributed by atoms with Crippen molar-refractivity contribution in [3.63, 3.8) is 0 Å². The highest BCUT2D eigenvalue weighted by Crippen LogP contribution is 2.38. The molecule has 0 fully saturated rings. The summed E-state index contributed by atoms with van der Waals surface area (Å²) in [6.45, 7) is 4.59. The quantitative estimate of drug-likeness (QED) is 0.548. The summed E-state index contributed by atoms with van der Waals surface area (Å²) in [6, 6.07) is 11.1. The van der Waals surface area contributed by atoms with E-state index in [1.165, 1.54) is 32.7 Å². The van der Waals surface area contributed by atoms with Crippen LogP contribution in [0.4, 0.5) is 0 Å². The van der Waals surface area contributed by atoms with Gasteiger partial charge in [-0.15, -0.1) is 11.3 Å². The topological polar surface area (TPSA) is 71.3 Å². The van der Waals surface area contributed by atoms with Gasteiger partial charge in [0.15, 0.2) is 16.3 Å². The molecule has 0 aliphatic rings. The van der Waals surface area contributed by atoms with E-state index >= 15 is 0 Å². The Labute approximate surface area is 185 Å². The third kappa shape index (κ3) is 4.59. The van der Waals surface area contributed by atoms with Crippen LogP contribution >= 0.6 is 11.3 Å². The molecule has 31 heavy (non-hydrogen) atoms. The van der Waals surface area contributed by atoms with Crippen molar-refractivity contribution in [1.29, 1.82) is 0 Å². The van der Waals surface area contributed by atoms with Crippen molar-refractivity contribution in [2.24, 2.45) is 12.0 Å². The molecule has 3 aromatic rings. The summed E-state index contributed by atoms with van der Waals surface area (Å²) in [5.41, 5.74) is 2.38. The van der Waals surface area contributed by atoms with Crippen LogP contribution in [0.5, 0.6) is 23.0 Å². The number of aryl methyl sites for hydroxylation is 1. The Morgan fingerprint density at radius 2 is 1.65 bits per heavy atom. The van der Waals surface area contributed by atoms with Gasteiger partial charge in [0, 0.05) is 17.5 Å². The van der Waals surface area contributed by atoms with Gasteiger partial charge in [0.25, 0.3) is 5.91 Å². The minimum atomic E-state index is -0.394. The van der Waals surface area contributed by atoms with Crippen LogP contribution in [0.1, 0.15) is 22.2 Å². The molecular weight excluding hydrogens is 416 g/mol. The summed E-state index contributed by atoms with van der Waals surface area (Å²) in [4.78, 5) is 18.9. The van der Waals surface area contributed by atoms with Crippen LogP contribution in [-0.4, -0.2) is 38.4 Å². The number of carbonyl (C=O) groups is 1. The predicted octanol–water partition coefficient (Wildman–Crippen LogP) is 4.23.